The number of amides is 1. The molecule has 0 aliphatic carbocycles. The molecule has 2 rings (SSSR count). The number of hydrogen-bond donors (Lipinski definition) is 1. The van der Waals surface area contributed by atoms with Crippen LogP contribution in [0.3, 0.4) is 0 Å². The van der Waals surface area contributed by atoms with Gasteiger partial charge in [-0.1, -0.05) is 0 Å². The van der Waals surface area contributed by atoms with Gasteiger partial charge in [-0.25, -0.2) is 4.39 Å². The maximum absolute atomic E-state index is 13.6. The molecule has 1 aromatic rings. The normalized spacial score (nSPS) is 19.2. The maximum Gasteiger partial charge on any atom is 0.256 e. The first-order chi connectivity index (χ1) is 9.08. The summed E-state index contributed by atoms with van der Waals surface area (Å²) in [5.74, 6) is -0.908. The highest BCUT2D eigenvalue weighted by molar-refractivity contribution is 5.95. The second-order valence-corrected chi connectivity index (χ2v) is 4.91. The molecule has 1 saturated heterocycles. The van der Waals surface area contributed by atoms with Crippen LogP contribution in [0, 0.1) is 5.82 Å². The standard InChI is InChI=1S/C14H19FN2O2/c1-17(9-11-4-2-3-7-19-11)14(18)12-8-10(16)5-6-13(12)15/h5-6,8,11H,2-4,7,9,16H2,1H3. The van der Waals surface area contributed by atoms with E-state index in [4.69, 9.17) is 10.5 Å². The quantitative estimate of drug-likeness (QED) is 0.852. The van der Waals surface area contributed by atoms with E-state index in [1.165, 1.54) is 23.1 Å². The van der Waals surface area contributed by atoms with Crippen LogP contribution < -0.4 is 5.73 Å². The number of likely N-dealkylation sites (N-methyl/N-ethyl adjacent to an activating group) is 1. The third-order valence-electron chi connectivity index (χ3n) is 3.32. The van der Waals surface area contributed by atoms with Gasteiger partial charge in [0.25, 0.3) is 5.91 Å². The zero-order chi connectivity index (χ0) is 13.8. The summed E-state index contributed by atoms with van der Waals surface area (Å²) in [6.45, 7) is 1.21. The molecule has 1 unspecified atom stereocenters. The van der Waals surface area contributed by atoms with Crippen LogP contribution in [0.2, 0.25) is 0 Å². The summed E-state index contributed by atoms with van der Waals surface area (Å²) in [6, 6.07) is 4.03. The van der Waals surface area contributed by atoms with Crippen LogP contribution in [0.5, 0.6) is 0 Å². The lowest BCUT2D eigenvalue weighted by Gasteiger charge is -2.27. The molecule has 1 fully saturated rings. The van der Waals surface area contributed by atoms with Gasteiger partial charge in [-0.05, 0) is 37.5 Å². The molecule has 4 nitrogen and oxygen atoms in total. The van der Waals surface area contributed by atoms with Crippen LogP contribution in [0.25, 0.3) is 0 Å². The summed E-state index contributed by atoms with van der Waals surface area (Å²) in [7, 11) is 1.66. The number of nitrogens with zero attached hydrogens (tertiary/aromatic N) is 1. The van der Waals surface area contributed by atoms with E-state index in [-0.39, 0.29) is 17.6 Å². The third kappa shape index (κ3) is 3.44. The summed E-state index contributed by atoms with van der Waals surface area (Å²) < 4.78 is 19.2. The van der Waals surface area contributed by atoms with Gasteiger partial charge in [0, 0.05) is 25.9 Å². The van der Waals surface area contributed by atoms with Crippen molar-refractivity contribution in [2.75, 3.05) is 25.9 Å². The molecule has 0 radical (unpaired) electrons. The average molecular weight is 266 g/mol. The predicted octanol–water partition coefficient (Wildman–Crippen LogP) is 2.05. The minimum Gasteiger partial charge on any atom is -0.399 e. The number of carbonyl (C=O) groups is 1. The van der Waals surface area contributed by atoms with Gasteiger partial charge in [0.05, 0.1) is 11.7 Å². The molecule has 1 amide bonds. The molecular formula is C14H19FN2O2. The van der Waals surface area contributed by atoms with Gasteiger partial charge in [-0.15, -0.1) is 0 Å². The van der Waals surface area contributed by atoms with Gasteiger partial charge < -0.3 is 15.4 Å². The zero-order valence-corrected chi connectivity index (χ0v) is 11.1. The van der Waals surface area contributed by atoms with Crippen molar-refractivity contribution in [3.05, 3.63) is 29.6 Å². The van der Waals surface area contributed by atoms with Crippen LogP contribution in [0.4, 0.5) is 10.1 Å². The molecule has 1 aliphatic rings. The molecule has 19 heavy (non-hydrogen) atoms. The van der Waals surface area contributed by atoms with E-state index >= 15 is 0 Å². The van der Waals surface area contributed by atoms with Gasteiger partial charge in [0.1, 0.15) is 5.82 Å². The number of nitrogens with two attached hydrogens (primary N) is 1. The Morgan fingerprint density at radius 1 is 1.53 bits per heavy atom. The van der Waals surface area contributed by atoms with Gasteiger partial charge in [-0.3, -0.25) is 4.79 Å². The van der Waals surface area contributed by atoms with E-state index in [0.717, 1.165) is 25.9 Å². The Morgan fingerprint density at radius 3 is 3.00 bits per heavy atom. The van der Waals surface area contributed by atoms with Crippen molar-refractivity contribution in [2.45, 2.75) is 25.4 Å². The van der Waals surface area contributed by atoms with Crippen LogP contribution in [-0.4, -0.2) is 37.1 Å². The second-order valence-electron chi connectivity index (χ2n) is 4.91. The van der Waals surface area contributed by atoms with Crippen LogP contribution in [0.1, 0.15) is 29.6 Å². The molecule has 104 valence electrons. The van der Waals surface area contributed by atoms with E-state index in [9.17, 15) is 9.18 Å². The third-order valence-corrected chi connectivity index (χ3v) is 3.32. The number of carbonyl (C=O) groups excluding carboxylic acids is 1. The van der Waals surface area contributed by atoms with Gasteiger partial charge in [-0.2, -0.15) is 0 Å². The van der Waals surface area contributed by atoms with Crippen LogP contribution >= 0.6 is 0 Å². The average Bonchev–Trinajstić information content (AvgIpc) is 2.42. The first-order valence-electron chi connectivity index (χ1n) is 6.50. The topological polar surface area (TPSA) is 55.6 Å². The molecule has 0 aromatic heterocycles. The Kier molecular flexibility index (Phi) is 4.37. The highest BCUT2D eigenvalue weighted by atomic mass is 19.1. The molecule has 5 heteroatoms. The fraction of sp³-hybridized carbons (Fsp3) is 0.500. The summed E-state index contributed by atoms with van der Waals surface area (Å²) >= 11 is 0. The highest BCUT2D eigenvalue weighted by Gasteiger charge is 2.21. The molecule has 1 aliphatic heterocycles. The van der Waals surface area contributed by atoms with Crippen molar-refractivity contribution in [1.29, 1.82) is 0 Å². The Labute approximate surface area is 112 Å². The van der Waals surface area contributed by atoms with Crippen molar-refractivity contribution < 1.29 is 13.9 Å². The maximum atomic E-state index is 13.6. The smallest absolute Gasteiger partial charge is 0.256 e. The van der Waals surface area contributed by atoms with Gasteiger partial charge >= 0.3 is 0 Å². The Bertz CT molecular complexity index is 459. The zero-order valence-electron chi connectivity index (χ0n) is 11.1. The molecular weight excluding hydrogens is 247 g/mol. The first-order valence-corrected chi connectivity index (χ1v) is 6.50. The number of ether oxygens (including phenoxy) is 1. The summed E-state index contributed by atoms with van der Waals surface area (Å²) in [5.41, 5.74) is 5.98. The van der Waals surface area contributed by atoms with Crippen molar-refractivity contribution >= 4 is 11.6 Å². The van der Waals surface area contributed by atoms with E-state index in [0.29, 0.717) is 12.2 Å². The number of anilines is 1. The first kappa shape index (κ1) is 13.8. The van der Waals surface area contributed by atoms with Crippen molar-refractivity contribution in [1.82, 2.24) is 4.90 Å². The number of halogens is 1. The number of hydrogen-bond acceptors (Lipinski definition) is 3. The fourth-order valence-corrected chi connectivity index (χ4v) is 2.25. The predicted molar refractivity (Wildman–Crippen MR) is 71.4 cm³/mol. The summed E-state index contributed by atoms with van der Waals surface area (Å²) in [4.78, 5) is 13.7. The lowest BCUT2D eigenvalue weighted by Crippen LogP contribution is -2.37. The molecule has 0 spiro atoms. The van der Waals surface area contributed by atoms with E-state index in [1.54, 1.807) is 7.05 Å². The van der Waals surface area contributed by atoms with Gasteiger partial charge in [0.15, 0.2) is 0 Å². The minimum absolute atomic E-state index is 0.0123. The summed E-state index contributed by atoms with van der Waals surface area (Å²) in [6.07, 6.45) is 3.17. The van der Waals surface area contributed by atoms with E-state index < -0.39 is 5.82 Å². The number of nitrogen functional groups attached to an aromatic ring is 1. The van der Waals surface area contributed by atoms with Crippen LogP contribution in [0.15, 0.2) is 18.2 Å². The van der Waals surface area contributed by atoms with E-state index in [1.807, 2.05) is 0 Å². The second kappa shape index (κ2) is 6.02. The van der Waals surface area contributed by atoms with E-state index in [2.05, 4.69) is 0 Å². The minimum atomic E-state index is -0.546. The fourth-order valence-electron chi connectivity index (χ4n) is 2.25. The van der Waals surface area contributed by atoms with Crippen LogP contribution in [-0.2, 0) is 4.74 Å². The number of rotatable bonds is 3. The molecule has 1 atom stereocenters. The number of benzene rings is 1. The highest BCUT2D eigenvalue weighted by Crippen LogP contribution is 2.17. The molecule has 0 bridgehead atoms. The lowest BCUT2D eigenvalue weighted by atomic mass is 10.1. The Hall–Kier alpha value is -1.62. The molecule has 1 heterocycles. The van der Waals surface area contributed by atoms with Crippen molar-refractivity contribution in [3.8, 4) is 0 Å². The van der Waals surface area contributed by atoms with Crippen molar-refractivity contribution in [3.63, 3.8) is 0 Å². The largest absolute Gasteiger partial charge is 0.399 e. The Balaban J connectivity index is 2.03. The van der Waals surface area contributed by atoms with Gasteiger partial charge in [0.2, 0.25) is 0 Å². The SMILES string of the molecule is CN(CC1CCCCO1)C(=O)c1cc(N)ccc1F. The Morgan fingerprint density at radius 2 is 2.32 bits per heavy atom. The molecule has 1 aromatic carbocycles. The van der Waals surface area contributed by atoms with Crippen molar-refractivity contribution in [2.24, 2.45) is 0 Å². The monoisotopic (exact) mass is 266 g/mol. The molecule has 0 saturated carbocycles. The summed E-state index contributed by atoms with van der Waals surface area (Å²) in [5, 5.41) is 0. The lowest BCUT2D eigenvalue weighted by molar-refractivity contribution is -0.000268. The molecule has 2 N–H and O–H groups in total.